The lowest BCUT2D eigenvalue weighted by atomic mass is 9.96. The maximum atomic E-state index is 11.2. The first kappa shape index (κ1) is 7.02. The maximum absolute atomic E-state index is 11.2. The molecule has 5 nitrogen and oxygen atoms in total. The van der Waals surface area contributed by atoms with Gasteiger partial charge in [-0.3, -0.25) is 21.0 Å². The van der Waals surface area contributed by atoms with Gasteiger partial charge in [0.2, 0.25) is 5.91 Å². The second kappa shape index (κ2) is 2.77. The number of amides is 1. The topological polar surface area (TPSA) is 65.2 Å². The van der Waals surface area contributed by atoms with Gasteiger partial charge in [-0.15, -0.1) is 0 Å². The van der Waals surface area contributed by atoms with Crippen molar-refractivity contribution in [3.05, 3.63) is 0 Å². The highest BCUT2D eigenvalue weighted by Gasteiger charge is 2.33. The van der Waals surface area contributed by atoms with Crippen LogP contribution in [0.3, 0.4) is 0 Å². The van der Waals surface area contributed by atoms with Crippen LogP contribution in [0, 0.1) is 5.92 Å². The number of hydrogen-bond donors (Lipinski definition) is 4. The number of fused-ring (bicyclic) bond motifs is 1. The van der Waals surface area contributed by atoms with Crippen LogP contribution in [-0.4, -0.2) is 31.7 Å². The highest BCUT2D eigenvalue weighted by Crippen LogP contribution is 2.07. The lowest BCUT2D eigenvalue weighted by Crippen LogP contribution is -2.65. The molecule has 0 aromatic heterocycles. The molecule has 0 spiro atoms. The average molecular weight is 156 g/mol. The van der Waals surface area contributed by atoms with Crippen LogP contribution in [0.2, 0.25) is 0 Å². The quantitative estimate of drug-likeness (QED) is 0.320. The Hall–Kier alpha value is -0.650. The molecule has 1 amide bonds. The van der Waals surface area contributed by atoms with E-state index in [1.54, 1.807) is 0 Å². The third-order valence-corrected chi connectivity index (χ3v) is 2.22. The third kappa shape index (κ3) is 1.22. The standard InChI is InChI=1S/C6H12N4O/c11-6-4-1-9-10-2-5(4)7-3-8-6/h4-5,7,9-10H,1-3H2,(H,8,11). The second-order valence-electron chi connectivity index (χ2n) is 2.90. The summed E-state index contributed by atoms with van der Waals surface area (Å²) in [5.74, 6) is 0.243. The molecule has 2 fully saturated rings. The number of carbonyl (C=O) groups excluding carboxylic acids is 1. The molecule has 2 unspecified atom stereocenters. The highest BCUT2D eigenvalue weighted by molar-refractivity contribution is 5.80. The SMILES string of the molecule is O=C1NCNC2CNNCC12. The first-order valence-corrected chi connectivity index (χ1v) is 3.85. The molecule has 4 N–H and O–H groups in total. The summed E-state index contributed by atoms with van der Waals surface area (Å²) < 4.78 is 0. The number of nitrogens with one attached hydrogen (secondary N) is 4. The average Bonchev–Trinajstić information content (AvgIpc) is 2.06. The van der Waals surface area contributed by atoms with Gasteiger partial charge in [0.1, 0.15) is 0 Å². The number of carbonyl (C=O) groups is 1. The molecule has 2 rings (SSSR count). The Labute approximate surface area is 64.9 Å². The summed E-state index contributed by atoms with van der Waals surface area (Å²) in [6.07, 6.45) is 0. The molecule has 0 radical (unpaired) electrons. The van der Waals surface area contributed by atoms with Gasteiger partial charge >= 0.3 is 0 Å². The van der Waals surface area contributed by atoms with E-state index < -0.39 is 0 Å². The Balaban J connectivity index is 2.05. The molecular weight excluding hydrogens is 144 g/mol. The summed E-state index contributed by atoms with van der Waals surface area (Å²) in [5.41, 5.74) is 5.98. The fourth-order valence-corrected chi connectivity index (χ4v) is 1.54. The number of hydrogen-bond acceptors (Lipinski definition) is 4. The van der Waals surface area contributed by atoms with E-state index in [1.165, 1.54) is 0 Å². The van der Waals surface area contributed by atoms with Crippen molar-refractivity contribution in [3.63, 3.8) is 0 Å². The zero-order valence-electron chi connectivity index (χ0n) is 6.18. The van der Waals surface area contributed by atoms with Gasteiger partial charge in [-0.05, 0) is 0 Å². The van der Waals surface area contributed by atoms with Gasteiger partial charge < -0.3 is 5.32 Å². The van der Waals surface area contributed by atoms with Gasteiger partial charge in [-0.1, -0.05) is 0 Å². The van der Waals surface area contributed by atoms with E-state index in [0.717, 1.165) is 6.54 Å². The fourth-order valence-electron chi connectivity index (χ4n) is 1.54. The third-order valence-electron chi connectivity index (χ3n) is 2.22. The van der Waals surface area contributed by atoms with E-state index in [0.29, 0.717) is 19.3 Å². The van der Waals surface area contributed by atoms with E-state index in [4.69, 9.17) is 0 Å². The Morgan fingerprint density at radius 1 is 1.27 bits per heavy atom. The van der Waals surface area contributed by atoms with Crippen LogP contribution >= 0.6 is 0 Å². The smallest absolute Gasteiger partial charge is 0.227 e. The Morgan fingerprint density at radius 3 is 2.91 bits per heavy atom. The van der Waals surface area contributed by atoms with Gasteiger partial charge in [-0.2, -0.15) is 0 Å². The van der Waals surface area contributed by atoms with Crippen molar-refractivity contribution in [2.24, 2.45) is 5.92 Å². The number of rotatable bonds is 0. The molecule has 2 aliphatic heterocycles. The minimum atomic E-state index is 0.0880. The molecule has 0 aliphatic carbocycles. The zero-order valence-corrected chi connectivity index (χ0v) is 6.18. The molecule has 62 valence electrons. The van der Waals surface area contributed by atoms with Crippen LogP contribution in [0.4, 0.5) is 0 Å². The normalized spacial score (nSPS) is 37.6. The molecule has 5 heteroatoms. The first-order valence-electron chi connectivity index (χ1n) is 3.85. The van der Waals surface area contributed by atoms with Gasteiger partial charge in [0.25, 0.3) is 0 Å². The van der Waals surface area contributed by atoms with Crippen molar-refractivity contribution in [2.75, 3.05) is 19.8 Å². The van der Waals surface area contributed by atoms with E-state index in [1.807, 2.05) is 0 Å². The van der Waals surface area contributed by atoms with Gasteiger partial charge in [0.15, 0.2) is 0 Å². The van der Waals surface area contributed by atoms with Crippen molar-refractivity contribution >= 4 is 5.91 Å². The van der Waals surface area contributed by atoms with Gasteiger partial charge in [-0.25, -0.2) is 0 Å². The van der Waals surface area contributed by atoms with Gasteiger partial charge in [0, 0.05) is 19.1 Å². The summed E-state index contributed by atoms with van der Waals surface area (Å²) in [7, 11) is 0. The lowest BCUT2D eigenvalue weighted by Gasteiger charge is -2.36. The molecule has 2 aliphatic rings. The molecule has 0 saturated carbocycles. The molecular formula is C6H12N4O. The van der Waals surface area contributed by atoms with Crippen molar-refractivity contribution in [1.29, 1.82) is 0 Å². The molecule has 2 saturated heterocycles. The van der Waals surface area contributed by atoms with Gasteiger partial charge in [0.05, 0.1) is 12.6 Å². The maximum Gasteiger partial charge on any atom is 0.227 e. The number of hydrazine groups is 1. The van der Waals surface area contributed by atoms with Crippen LogP contribution < -0.4 is 21.5 Å². The van der Waals surface area contributed by atoms with Crippen molar-refractivity contribution in [3.8, 4) is 0 Å². The van der Waals surface area contributed by atoms with Crippen molar-refractivity contribution < 1.29 is 4.79 Å². The molecule has 0 aromatic rings. The van der Waals surface area contributed by atoms with Crippen molar-refractivity contribution in [1.82, 2.24) is 21.5 Å². The monoisotopic (exact) mass is 156 g/mol. The summed E-state index contributed by atoms with van der Waals surface area (Å²) in [4.78, 5) is 11.2. The zero-order chi connectivity index (χ0) is 7.68. The summed E-state index contributed by atoms with van der Waals surface area (Å²) in [6, 6.07) is 0.296. The molecule has 0 aromatic carbocycles. The second-order valence-corrected chi connectivity index (χ2v) is 2.90. The fraction of sp³-hybridized carbons (Fsp3) is 0.833. The minimum absolute atomic E-state index is 0.0880. The Kier molecular flexibility index (Phi) is 1.77. The van der Waals surface area contributed by atoms with Crippen LogP contribution in [0.5, 0.6) is 0 Å². The van der Waals surface area contributed by atoms with Crippen LogP contribution in [0.15, 0.2) is 0 Å². The molecule has 0 bridgehead atoms. The first-order chi connectivity index (χ1) is 5.38. The summed E-state index contributed by atoms with van der Waals surface area (Å²) in [6.45, 7) is 2.13. The Morgan fingerprint density at radius 2 is 2.09 bits per heavy atom. The molecule has 11 heavy (non-hydrogen) atoms. The van der Waals surface area contributed by atoms with Crippen LogP contribution in [0.25, 0.3) is 0 Å². The van der Waals surface area contributed by atoms with E-state index >= 15 is 0 Å². The predicted molar refractivity (Wildman–Crippen MR) is 39.4 cm³/mol. The van der Waals surface area contributed by atoms with Crippen LogP contribution in [-0.2, 0) is 4.79 Å². The summed E-state index contributed by atoms with van der Waals surface area (Å²) >= 11 is 0. The lowest BCUT2D eigenvalue weighted by molar-refractivity contribution is -0.128. The highest BCUT2D eigenvalue weighted by atomic mass is 16.2. The van der Waals surface area contributed by atoms with Crippen LogP contribution in [0.1, 0.15) is 0 Å². The largest absolute Gasteiger partial charge is 0.343 e. The van der Waals surface area contributed by atoms with E-state index in [9.17, 15) is 4.79 Å². The Bertz CT molecular complexity index is 170. The summed E-state index contributed by atoms with van der Waals surface area (Å²) in [5, 5.41) is 5.98. The minimum Gasteiger partial charge on any atom is -0.343 e. The predicted octanol–water partition coefficient (Wildman–Crippen LogP) is -2.24. The molecule has 2 heterocycles. The van der Waals surface area contributed by atoms with E-state index in [-0.39, 0.29) is 11.8 Å². The van der Waals surface area contributed by atoms with Crippen molar-refractivity contribution in [2.45, 2.75) is 6.04 Å². The van der Waals surface area contributed by atoms with E-state index in [2.05, 4.69) is 21.5 Å². The molecule has 2 atom stereocenters.